The third-order valence-corrected chi connectivity index (χ3v) is 5.35. The maximum atomic E-state index is 13.3. The Bertz CT molecular complexity index is 836. The normalized spacial score (nSPS) is 13.3. The van der Waals surface area contributed by atoms with E-state index in [-0.39, 0.29) is 31.8 Å². The molecule has 0 saturated carbocycles. The first-order valence-corrected chi connectivity index (χ1v) is 9.23. The first-order valence-electron chi connectivity index (χ1n) is 7.16. The molecule has 1 amide bonds. The number of anilines is 1. The molecule has 3 rings (SSSR count). The molecule has 3 N–H and O–H groups in total. The van der Waals surface area contributed by atoms with Gasteiger partial charge in [-0.05, 0) is 0 Å². The van der Waals surface area contributed by atoms with Gasteiger partial charge in [-0.1, -0.05) is 0 Å². The van der Waals surface area contributed by atoms with E-state index in [1.165, 1.54) is 17.0 Å². The van der Waals surface area contributed by atoms with Gasteiger partial charge in [0.2, 0.25) is 0 Å². The fraction of sp³-hybridized carbons (Fsp3) is 0.118. The van der Waals surface area contributed by atoms with E-state index in [4.69, 9.17) is 11.1 Å². The van der Waals surface area contributed by atoms with Crippen LogP contribution in [0, 0.1) is 11.2 Å². The van der Waals surface area contributed by atoms with Gasteiger partial charge in [0, 0.05) is 0 Å². The number of nitrogens with one attached hydrogen (secondary N) is 1. The molecule has 24 heavy (non-hydrogen) atoms. The number of rotatable bonds is 5. The Morgan fingerprint density at radius 3 is 2.46 bits per heavy atom. The molecule has 0 aromatic heterocycles. The molecule has 1 aliphatic rings. The van der Waals surface area contributed by atoms with Crippen molar-refractivity contribution in [1.82, 2.24) is 0 Å². The Kier molecular flexibility index (Phi) is 4.46. The molecule has 5 nitrogen and oxygen atoms in total. The molecule has 0 fully saturated rings. The van der Waals surface area contributed by atoms with E-state index >= 15 is 0 Å². The second-order valence-electron chi connectivity index (χ2n) is 5.35. The van der Waals surface area contributed by atoms with Crippen molar-refractivity contribution in [2.24, 2.45) is 5.73 Å². The van der Waals surface area contributed by atoms with Crippen LogP contribution in [0.15, 0.2) is 42.5 Å². The van der Waals surface area contributed by atoms with Gasteiger partial charge in [0.05, 0.1) is 0 Å². The van der Waals surface area contributed by atoms with Crippen LogP contribution in [0.5, 0.6) is 0 Å². The zero-order valence-electron chi connectivity index (χ0n) is 12.6. The molecule has 1 heterocycles. The summed E-state index contributed by atoms with van der Waals surface area (Å²) < 4.78 is 13.5. The van der Waals surface area contributed by atoms with Crippen molar-refractivity contribution in [2.45, 2.75) is 11.9 Å². The van der Waals surface area contributed by atoms with Gasteiger partial charge in [-0.3, -0.25) is 0 Å². The fourth-order valence-corrected chi connectivity index (χ4v) is 3.59. The minimum atomic E-state index is -0.676. The van der Waals surface area contributed by atoms with Crippen LogP contribution >= 0.6 is 0 Å². The zero-order chi connectivity index (χ0) is 17.3. The molecule has 7 heteroatoms. The van der Waals surface area contributed by atoms with Gasteiger partial charge >= 0.3 is 144 Å². The fourth-order valence-electron chi connectivity index (χ4n) is 2.51. The van der Waals surface area contributed by atoms with Crippen molar-refractivity contribution in [2.75, 3.05) is 4.90 Å². The van der Waals surface area contributed by atoms with E-state index in [0.29, 0.717) is 5.69 Å². The van der Waals surface area contributed by atoms with Crippen LogP contribution < -0.4 is 10.6 Å². The standard InChI is InChI=1S/C17H14FN3O2Se/c18-12-5-6-14-13(7-12)15(22)16(23)21(14)8-10-1-3-11(4-2-10)9-24-17(19)20/h1-7H,8-9H2,(H3,19,20). The summed E-state index contributed by atoms with van der Waals surface area (Å²) in [7, 11) is 0. The molecule has 0 spiro atoms. The average molecular weight is 390 g/mol. The predicted molar refractivity (Wildman–Crippen MR) is 89.7 cm³/mol. The molecule has 0 radical (unpaired) electrons. The van der Waals surface area contributed by atoms with E-state index in [2.05, 4.69) is 0 Å². The molecule has 0 aliphatic carbocycles. The van der Waals surface area contributed by atoms with Crippen LogP contribution in [-0.4, -0.2) is 31.4 Å². The number of fused-ring (bicyclic) bond motifs is 1. The van der Waals surface area contributed by atoms with Crippen LogP contribution in [0.4, 0.5) is 10.1 Å². The first-order chi connectivity index (χ1) is 11.5. The van der Waals surface area contributed by atoms with Gasteiger partial charge in [-0.15, -0.1) is 0 Å². The van der Waals surface area contributed by atoms with Gasteiger partial charge < -0.3 is 0 Å². The summed E-state index contributed by atoms with van der Waals surface area (Å²) in [6.07, 6.45) is 0. The van der Waals surface area contributed by atoms with Crippen LogP contribution in [0.25, 0.3) is 0 Å². The Morgan fingerprint density at radius 2 is 1.79 bits per heavy atom. The Labute approximate surface area is 144 Å². The third kappa shape index (κ3) is 3.22. The zero-order valence-corrected chi connectivity index (χ0v) is 14.3. The SMILES string of the molecule is N=C(N)[Se]Cc1ccc(CN2C(=O)C(=O)c3cc(F)ccc32)cc1. The molecule has 0 atom stereocenters. The second-order valence-corrected chi connectivity index (χ2v) is 7.49. The average Bonchev–Trinajstić information content (AvgIpc) is 2.79. The number of Topliss-reactive ketones (excluding diaryl/α,β-unsaturated/α-hetero) is 1. The Morgan fingerprint density at radius 1 is 1.12 bits per heavy atom. The van der Waals surface area contributed by atoms with Gasteiger partial charge in [0.1, 0.15) is 0 Å². The molecule has 0 saturated heterocycles. The number of nitrogens with two attached hydrogens (primary N) is 1. The van der Waals surface area contributed by atoms with Crippen LogP contribution in [0.2, 0.25) is 0 Å². The van der Waals surface area contributed by atoms with Crippen molar-refractivity contribution in [3.63, 3.8) is 0 Å². The van der Waals surface area contributed by atoms with Gasteiger partial charge in [0.25, 0.3) is 0 Å². The number of nitrogens with zero attached hydrogens (tertiary/aromatic N) is 1. The minimum absolute atomic E-state index is 0.0537. The molecule has 2 aromatic rings. The van der Waals surface area contributed by atoms with E-state index < -0.39 is 17.5 Å². The summed E-state index contributed by atoms with van der Waals surface area (Å²) in [5.41, 5.74) is 7.86. The monoisotopic (exact) mass is 391 g/mol. The van der Waals surface area contributed by atoms with E-state index in [1.54, 1.807) is 0 Å². The molecule has 0 bridgehead atoms. The van der Waals surface area contributed by atoms with E-state index in [1.807, 2.05) is 24.3 Å². The van der Waals surface area contributed by atoms with Crippen LogP contribution in [-0.2, 0) is 16.7 Å². The van der Waals surface area contributed by atoms with Gasteiger partial charge in [0.15, 0.2) is 0 Å². The maximum absolute atomic E-state index is 13.3. The summed E-state index contributed by atoms with van der Waals surface area (Å²) >= 11 is -0.0537. The molecule has 122 valence electrons. The van der Waals surface area contributed by atoms with Crippen molar-refractivity contribution >= 4 is 37.1 Å². The Hall–Kier alpha value is -2.50. The molecule has 0 unspecified atom stereocenters. The van der Waals surface area contributed by atoms with Crippen LogP contribution in [0.1, 0.15) is 21.5 Å². The predicted octanol–water partition coefficient (Wildman–Crippen LogP) is 1.65. The van der Waals surface area contributed by atoms with Gasteiger partial charge in [-0.2, -0.15) is 0 Å². The number of benzene rings is 2. The summed E-state index contributed by atoms with van der Waals surface area (Å²) in [4.78, 5) is 25.5. The van der Waals surface area contributed by atoms with Gasteiger partial charge in [-0.25, -0.2) is 0 Å². The van der Waals surface area contributed by atoms with E-state index in [0.717, 1.165) is 22.5 Å². The van der Waals surface area contributed by atoms with Crippen molar-refractivity contribution in [3.05, 3.63) is 65.0 Å². The first kappa shape index (κ1) is 16.4. The number of ketones is 1. The number of hydrogen-bond donors (Lipinski definition) is 2. The summed E-state index contributed by atoms with van der Waals surface area (Å²) in [5.74, 6) is -1.85. The third-order valence-electron chi connectivity index (χ3n) is 3.69. The van der Waals surface area contributed by atoms with Crippen molar-refractivity contribution in [1.29, 1.82) is 5.41 Å². The van der Waals surface area contributed by atoms with E-state index in [9.17, 15) is 14.0 Å². The number of hydrogen-bond acceptors (Lipinski definition) is 3. The summed E-state index contributed by atoms with van der Waals surface area (Å²) in [5, 5.41) is 8.01. The van der Waals surface area contributed by atoms with Crippen molar-refractivity contribution < 1.29 is 14.0 Å². The second kappa shape index (κ2) is 6.55. The molecule has 2 aromatic carbocycles. The number of carbonyl (C=O) groups excluding carboxylic acids is 2. The van der Waals surface area contributed by atoms with Crippen molar-refractivity contribution in [3.8, 4) is 0 Å². The molecular weight excluding hydrogens is 376 g/mol. The number of halogens is 1. The molecule has 1 aliphatic heterocycles. The quantitative estimate of drug-likeness (QED) is 0.352. The van der Waals surface area contributed by atoms with Crippen LogP contribution in [0.3, 0.4) is 0 Å². The Balaban J connectivity index is 1.78. The molecular formula is C17H14FN3O2Se. The summed E-state index contributed by atoms with van der Waals surface area (Å²) in [6.45, 7) is 0.251. The number of carbonyl (C=O) groups is 2. The number of amidine groups is 1. The topological polar surface area (TPSA) is 87.2 Å². The number of amides is 1. The summed E-state index contributed by atoms with van der Waals surface area (Å²) in [6, 6.07) is 11.4.